The molecule has 1 saturated heterocycles. The Hall–Kier alpha value is -0.610. The highest BCUT2D eigenvalue weighted by molar-refractivity contribution is 5.77. The number of carbonyl (C=O) groups excluding carboxylic acids is 1. The Balaban J connectivity index is 2.00. The van der Waals surface area contributed by atoms with Gasteiger partial charge in [-0.1, -0.05) is 0 Å². The topological polar surface area (TPSA) is 50.4 Å². The molecule has 0 saturated carbocycles. The van der Waals surface area contributed by atoms with E-state index < -0.39 is 0 Å². The second-order valence-corrected chi connectivity index (χ2v) is 5.50. The molecule has 1 aliphatic rings. The highest BCUT2D eigenvalue weighted by Crippen LogP contribution is 2.11. The molecule has 0 aromatic carbocycles. The standard InChI is InChI=1S/C12H24N2O2/c1-12(2,3)14-11(15)9-16-7-5-10-4-6-13-8-10/h10,13H,4-9H2,1-3H3,(H,14,15). The Morgan fingerprint density at radius 2 is 2.25 bits per heavy atom. The molecular weight excluding hydrogens is 204 g/mol. The summed E-state index contributed by atoms with van der Waals surface area (Å²) >= 11 is 0. The summed E-state index contributed by atoms with van der Waals surface area (Å²) in [6, 6.07) is 0. The van der Waals surface area contributed by atoms with Crippen LogP contribution in [0, 0.1) is 5.92 Å². The van der Waals surface area contributed by atoms with Crippen molar-refractivity contribution in [3.63, 3.8) is 0 Å². The Kier molecular flexibility index (Phi) is 5.22. The third kappa shape index (κ3) is 6.08. The monoisotopic (exact) mass is 228 g/mol. The van der Waals surface area contributed by atoms with Crippen LogP contribution in [0.1, 0.15) is 33.6 Å². The highest BCUT2D eigenvalue weighted by Gasteiger charge is 2.15. The van der Waals surface area contributed by atoms with Gasteiger partial charge in [0.1, 0.15) is 6.61 Å². The molecular formula is C12H24N2O2. The first-order valence-electron chi connectivity index (χ1n) is 6.07. The van der Waals surface area contributed by atoms with Crippen molar-refractivity contribution in [2.45, 2.75) is 39.2 Å². The van der Waals surface area contributed by atoms with Crippen LogP contribution in [0.4, 0.5) is 0 Å². The van der Waals surface area contributed by atoms with Crippen molar-refractivity contribution in [1.29, 1.82) is 0 Å². The first kappa shape index (κ1) is 13.5. The minimum atomic E-state index is -0.171. The molecule has 2 N–H and O–H groups in total. The summed E-state index contributed by atoms with van der Waals surface area (Å²) in [6.45, 7) is 8.98. The van der Waals surface area contributed by atoms with Crippen molar-refractivity contribution in [1.82, 2.24) is 10.6 Å². The largest absolute Gasteiger partial charge is 0.372 e. The molecule has 4 heteroatoms. The van der Waals surface area contributed by atoms with E-state index >= 15 is 0 Å². The molecule has 1 aliphatic heterocycles. The van der Waals surface area contributed by atoms with Crippen LogP contribution in [0.5, 0.6) is 0 Å². The minimum Gasteiger partial charge on any atom is -0.372 e. The lowest BCUT2D eigenvalue weighted by atomic mass is 10.1. The van der Waals surface area contributed by atoms with E-state index in [1.165, 1.54) is 6.42 Å². The fourth-order valence-electron chi connectivity index (χ4n) is 1.83. The molecule has 1 atom stereocenters. The number of nitrogens with one attached hydrogen (secondary N) is 2. The predicted molar refractivity (Wildman–Crippen MR) is 64.3 cm³/mol. The van der Waals surface area contributed by atoms with Crippen LogP contribution in [-0.4, -0.2) is 37.7 Å². The molecule has 1 amide bonds. The minimum absolute atomic E-state index is 0.0305. The number of hydrogen-bond donors (Lipinski definition) is 2. The molecule has 16 heavy (non-hydrogen) atoms. The summed E-state index contributed by atoms with van der Waals surface area (Å²) in [5, 5.41) is 6.19. The number of carbonyl (C=O) groups is 1. The smallest absolute Gasteiger partial charge is 0.246 e. The lowest BCUT2D eigenvalue weighted by Crippen LogP contribution is -2.42. The number of hydrogen-bond acceptors (Lipinski definition) is 3. The zero-order valence-corrected chi connectivity index (χ0v) is 10.6. The lowest BCUT2D eigenvalue weighted by Gasteiger charge is -2.20. The van der Waals surface area contributed by atoms with Gasteiger partial charge in [-0.25, -0.2) is 0 Å². The van der Waals surface area contributed by atoms with Crippen molar-refractivity contribution in [3.8, 4) is 0 Å². The van der Waals surface area contributed by atoms with Crippen LogP contribution in [0.15, 0.2) is 0 Å². The molecule has 1 unspecified atom stereocenters. The Labute approximate surface area is 98.1 Å². The molecule has 0 bridgehead atoms. The molecule has 94 valence electrons. The van der Waals surface area contributed by atoms with Crippen LogP contribution in [0.3, 0.4) is 0 Å². The summed E-state index contributed by atoms with van der Waals surface area (Å²) < 4.78 is 5.36. The zero-order chi connectivity index (χ0) is 12.0. The van der Waals surface area contributed by atoms with Gasteiger partial charge in [0.25, 0.3) is 0 Å². The van der Waals surface area contributed by atoms with Gasteiger partial charge in [-0.2, -0.15) is 0 Å². The average molecular weight is 228 g/mol. The number of rotatable bonds is 5. The molecule has 0 spiro atoms. The SMILES string of the molecule is CC(C)(C)NC(=O)COCCC1CCNC1. The van der Waals surface area contributed by atoms with E-state index in [0.29, 0.717) is 6.61 Å². The Morgan fingerprint density at radius 1 is 1.50 bits per heavy atom. The van der Waals surface area contributed by atoms with E-state index in [-0.39, 0.29) is 18.1 Å². The first-order chi connectivity index (χ1) is 7.47. The van der Waals surface area contributed by atoms with Gasteiger partial charge < -0.3 is 15.4 Å². The van der Waals surface area contributed by atoms with E-state index in [9.17, 15) is 4.79 Å². The van der Waals surface area contributed by atoms with Crippen molar-refractivity contribution in [3.05, 3.63) is 0 Å². The van der Waals surface area contributed by atoms with E-state index in [2.05, 4.69) is 10.6 Å². The van der Waals surface area contributed by atoms with Crippen molar-refractivity contribution in [2.75, 3.05) is 26.3 Å². The second kappa shape index (κ2) is 6.21. The molecule has 4 nitrogen and oxygen atoms in total. The van der Waals surface area contributed by atoms with Gasteiger partial charge in [0.05, 0.1) is 0 Å². The van der Waals surface area contributed by atoms with Gasteiger partial charge in [0.15, 0.2) is 0 Å². The molecule has 1 fully saturated rings. The maximum atomic E-state index is 11.4. The van der Waals surface area contributed by atoms with Crippen LogP contribution < -0.4 is 10.6 Å². The summed E-state index contributed by atoms with van der Waals surface area (Å²) in [5.41, 5.74) is -0.171. The third-order valence-electron chi connectivity index (χ3n) is 2.58. The van der Waals surface area contributed by atoms with Crippen molar-refractivity contribution < 1.29 is 9.53 Å². The van der Waals surface area contributed by atoms with Crippen LogP contribution in [-0.2, 0) is 9.53 Å². The van der Waals surface area contributed by atoms with Crippen molar-refractivity contribution in [2.24, 2.45) is 5.92 Å². The summed E-state index contributed by atoms with van der Waals surface area (Å²) in [5.74, 6) is 0.697. The number of ether oxygens (including phenoxy) is 1. The van der Waals surface area contributed by atoms with Gasteiger partial charge in [0.2, 0.25) is 5.91 Å². The fourth-order valence-corrected chi connectivity index (χ4v) is 1.83. The van der Waals surface area contributed by atoms with Gasteiger partial charge in [-0.3, -0.25) is 4.79 Å². The lowest BCUT2D eigenvalue weighted by molar-refractivity contribution is -0.127. The summed E-state index contributed by atoms with van der Waals surface area (Å²) in [6.07, 6.45) is 2.29. The fraction of sp³-hybridized carbons (Fsp3) is 0.917. The second-order valence-electron chi connectivity index (χ2n) is 5.50. The quantitative estimate of drug-likeness (QED) is 0.688. The Bertz CT molecular complexity index is 218. The number of amides is 1. The van der Waals surface area contributed by atoms with E-state index in [1.807, 2.05) is 20.8 Å². The molecule has 1 rings (SSSR count). The summed E-state index contributed by atoms with van der Waals surface area (Å²) in [4.78, 5) is 11.4. The maximum absolute atomic E-state index is 11.4. The van der Waals surface area contributed by atoms with Crippen LogP contribution in [0.25, 0.3) is 0 Å². The molecule has 0 aromatic heterocycles. The molecule has 0 radical (unpaired) electrons. The maximum Gasteiger partial charge on any atom is 0.246 e. The van der Waals surface area contributed by atoms with Crippen molar-refractivity contribution >= 4 is 5.91 Å². The van der Waals surface area contributed by atoms with E-state index in [0.717, 1.165) is 25.4 Å². The van der Waals surface area contributed by atoms with E-state index in [1.54, 1.807) is 0 Å². The zero-order valence-electron chi connectivity index (χ0n) is 10.6. The predicted octanol–water partition coefficient (Wildman–Crippen LogP) is 0.917. The highest BCUT2D eigenvalue weighted by atomic mass is 16.5. The third-order valence-corrected chi connectivity index (χ3v) is 2.58. The van der Waals surface area contributed by atoms with Crippen LogP contribution >= 0.6 is 0 Å². The average Bonchev–Trinajstić information content (AvgIpc) is 2.62. The summed E-state index contributed by atoms with van der Waals surface area (Å²) in [7, 11) is 0. The van der Waals surface area contributed by atoms with Gasteiger partial charge in [-0.15, -0.1) is 0 Å². The van der Waals surface area contributed by atoms with Crippen LogP contribution in [0.2, 0.25) is 0 Å². The molecule has 0 aliphatic carbocycles. The molecule has 0 aromatic rings. The van der Waals surface area contributed by atoms with Gasteiger partial charge in [-0.05, 0) is 52.6 Å². The van der Waals surface area contributed by atoms with Gasteiger partial charge in [0, 0.05) is 12.1 Å². The molecule has 1 heterocycles. The Morgan fingerprint density at radius 3 is 2.81 bits per heavy atom. The first-order valence-corrected chi connectivity index (χ1v) is 6.07. The normalized spacial score (nSPS) is 21.1. The van der Waals surface area contributed by atoms with Gasteiger partial charge >= 0.3 is 0 Å². The van der Waals surface area contributed by atoms with E-state index in [4.69, 9.17) is 4.74 Å².